The maximum absolute atomic E-state index is 7.92. The summed E-state index contributed by atoms with van der Waals surface area (Å²) in [6.07, 6.45) is -1.12. The summed E-state index contributed by atoms with van der Waals surface area (Å²) in [5.74, 6) is 0. The van der Waals surface area contributed by atoms with Gasteiger partial charge in [0.25, 0.3) is 0 Å². The van der Waals surface area contributed by atoms with E-state index in [9.17, 15) is 0 Å². The van der Waals surface area contributed by atoms with Crippen molar-refractivity contribution in [2.24, 2.45) is 0 Å². The van der Waals surface area contributed by atoms with Crippen LogP contribution in [-0.4, -0.2) is 16.5 Å². The van der Waals surface area contributed by atoms with Gasteiger partial charge in [-0.1, -0.05) is 0 Å². The molecule has 0 aromatic heterocycles. The minimum atomic E-state index is -1.12. The molecule has 0 unspecified atom stereocenters. The molecule has 0 amide bonds. The zero-order chi connectivity index (χ0) is 4.28. The monoisotopic (exact) mass is 179 g/mol. The van der Waals surface area contributed by atoms with E-state index in [0.29, 0.717) is 4.73 Å². The first-order valence-electron chi connectivity index (χ1n) is 1.28. The molecule has 0 saturated carbocycles. The van der Waals surface area contributed by atoms with Gasteiger partial charge in [0.15, 0.2) is 0 Å². The molecule has 0 saturated heterocycles. The summed E-state index contributed by atoms with van der Waals surface area (Å²) in [6.45, 7) is 0. The fourth-order valence-corrected chi connectivity index (χ4v) is 0. The summed E-state index contributed by atoms with van der Waals surface area (Å²) in [5.41, 5.74) is 0. The van der Waals surface area contributed by atoms with Gasteiger partial charge in [-0.15, -0.1) is 0 Å². The normalized spacial score (nSPS) is 7.00. The van der Waals surface area contributed by atoms with Crippen molar-refractivity contribution in [2.45, 2.75) is 11.0 Å². The second-order valence-corrected chi connectivity index (χ2v) is 1.32. The minimum Gasteiger partial charge on any atom is -1.00 e. The van der Waals surface area contributed by atoms with Crippen LogP contribution in [0.15, 0.2) is 0 Å². The van der Waals surface area contributed by atoms with Crippen LogP contribution in [0.1, 0.15) is 0 Å². The Kier molecular flexibility index (Phi) is 23.0. The van der Waals surface area contributed by atoms with E-state index in [1.165, 1.54) is 0 Å². The molecule has 0 aliphatic heterocycles. The van der Waals surface area contributed by atoms with Gasteiger partial charge in [0.1, 0.15) is 0 Å². The van der Waals surface area contributed by atoms with Crippen molar-refractivity contribution in [3.63, 3.8) is 0 Å². The molecule has 0 radical (unpaired) electrons. The molecule has 0 aromatic rings. The average molecular weight is 180 g/mol. The van der Waals surface area contributed by atoms with E-state index < -0.39 is 6.29 Å². The topological polar surface area (TPSA) is 40.5 Å². The van der Waals surface area contributed by atoms with Gasteiger partial charge >= 0.3 is 41.7 Å². The van der Waals surface area contributed by atoms with Crippen LogP contribution in [0.3, 0.4) is 0 Å². The van der Waals surface area contributed by atoms with Crippen molar-refractivity contribution in [3.05, 3.63) is 0 Å². The van der Waals surface area contributed by atoms with Crippen LogP contribution >= 0.6 is 0 Å². The second-order valence-electron chi connectivity index (χ2n) is 0.685. The van der Waals surface area contributed by atoms with Crippen LogP contribution in [-0.2, 0) is 20.4 Å². The summed E-state index contributed by atoms with van der Waals surface area (Å²) < 4.78 is 0.417. The van der Waals surface area contributed by atoms with Crippen molar-refractivity contribution in [3.8, 4) is 0 Å². The summed E-state index contributed by atoms with van der Waals surface area (Å²) >= 11 is 1.70. The summed E-state index contributed by atoms with van der Waals surface area (Å²) in [6, 6.07) is 0. The van der Waals surface area contributed by atoms with E-state index in [1.54, 1.807) is 20.4 Å². The molecular weight excluding hydrogens is 175 g/mol. The van der Waals surface area contributed by atoms with Crippen molar-refractivity contribution < 1.29 is 55.5 Å². The third-order valence-electron chi connectivity index (χ3n) is 0.183. The Labute approximate surface area is 66.5 Å². The smallest absolute Gasteiger partial charge is 1.00 e. The van der Waals surface area contributed by atoms with Crippen LogP contribution in [0.5, 0.6) is 0 Å². The second kappa shape index (κ2) is 10.2. The first kappa shape index (κ1) is 15.7. The third-order valence-corrected chi connectivity index (χ3v) is 0.753. The Morgan fingerprint density at radius 3 is 1.43 bits per heavy atom. The van der Waals surface area contributed by atoms with Gasteiger partial charge in [0.05, 0.1) is 0 Å². The van der Waals surface area contributed by atoms with Gasteiger partial charge < -0.3 is 24.8 Å². The molecule has 0 aromatic carbocycles. The van der Waals surface area contributed by atoms with Gasteiger partial charge in [-0.25, -0.2) is 0 Å². The van der Waals surface area contributed by atoms with E-state index >= 15 is 0 Å². The Hall–Kier alpha value is 1.21. The Morgan fingerprint density at radius 1 is 1.29 bits per heavy atom. The van der Waals surface area contributed by atoms with Gasteiger partial charge in [0, 0.05) is 0 Å². The number of hydrogen-bond donors (Lipinski definition) is 2. The number of hydrogen-bond acceptors (Lipinski definition) is 2. The van der Waals surface area contributed by atoms with E-state index in [4.69, 9.17) is 10.2 Å². The maximum atomic E-state index is 7.92. The summed E-state index contributed by atoms with van der Waals surface area (Å²) in [5, 5.41) is 15.8. The maximum Gasteiger partial charge on any atom is -1.00 e. The Bertz CT molecular complexity index is 27.7. The first-order chi connectivity index (χ1) is 2.27. The molecule has 0 heterocycles. The number of rotatable bonds is 1. The van der Waals surface area contributed by atoms with E-state index in [2.05, 4.69) is 0 Å². The predicted octanol–water partition coefficient (Wildman–Crippen LogP) is -6.73. The van der Waals surface area contributed by atoms with E-state index in [-0.39, 0.29) is 24.8 Å². The van der Waals surface area contributed by atoms with E-state index in [1.807, 2.05) is 0 Å². The van der Waals surface area contributed by atoms with Gasteiger partial charge in [0.2, 0.25) is 0 Å². The SMILES string of the molecule is OC(O)[CH2][Ti+2].[Cl-].[Cl-]. The number of aliphatic hydroxyl groups is 2. The molecule has 2 nitrogen and oxygen atoms in total. The van der Waals surface area contributed by atoms with Gasteiger partial charge in [-0.2, -0.15) is 0 Å². The summed E-state index contributed by atoms with van der Waals surface area (Å²) in [7, 11) is 0. The van der Waals surface area contributed by atoms with Crippen molar-refractivity contribution in [1.82, 2.24) is 0 Å². The van der Waals surface area contributed by atoms with Gasteiger partial charge in [-0.05, 0) is 0 Å². The molecular formula is C2H5Cl2O2Ti. The van der Waals surface area contributed by atoms with Crippen molar-refractivity contribution in [2.75, 3.05) is 0 Å². The molecule has 0 bridgehead atoms. The molecule has 0 rings (SSSR count). The zero-order valence-electron chi connectivity index (χ0n) is 3.43. The van der Waals surface area contributed by atoms with Crippen LogP contribution in [0, 0.1) is 0 Å². The molecule has 5 heteroatoms. The molecule has 43 valence electrons. The average Bonchev–Trinajstić information content (AvgIpc) is 1.38. The fraction of sp³-hybridized carbons (Fsp3) is 1.00. The fourth-order valence-electron chi connectivity index (χ4n) is 0. The predicted molar refractivity (Wildman–Crippen MR) is 13.0 cm³/mol. The minimum absolute atomic E-state index is 0. The Balaban J connectivity index is -0.0000000800. The van der Waals surface area contributed by atoms with Crippen LogP contribution < -0.4 is 24.8 Å². The first-order valence-corrected chi connectivity index (χ1v) is 2.38. The molecule has 0 aliphatic rings. The van der Waals surface area contributed by atoms with Crippen LogP contribution in [0.2, 0.25) is 4.73 Å². The number of halogens is 2. The largest absolute Gasteiger partial charge is 1.00 e. The number of aliphatic hydroxyl groups excluding tert-OH is 1. The molecule has 0 aliphatic carbocycles. The zero-order valence-corrected chi connectivity index (χ0v) is 6.51. The summed E-state index contributed by atoms with van der Waals surface area (Å²) in [4.78, 5) is 0. The molecule has 0 spiro atoms. The Morgan fingerprint density at radius 2 is 1.43 bits per heavy atom. The molecule has 0 atom stereocenters. The quantitative estimate of drug-likeness (QED) is 0.311. The van der Waals surface area contributed by atoms with Crippen molar-refractivity contribution in [1.29, 1.82) is 0 Å². The van der Waals surface area contributed by atoms with Gasteiger partial charge in [-0.3, -0.25) is 0 Å². The van der Waals surface area contributed by atoms with Crippen molar-refractivity contribution >= 4 is 0 Å². The van der Waals surface area contributed by atoms with Crippen LogP contribution in [0.4, 0.5) is 0 Å². The third kappa shape index (κ3) is 19.0. The standard InChI is InChI=1S/C2H5O2.2ClH.Ti/c1-2(3)4;;;/h2-4H,1H2;2*1H;/q;;;+2/p-2. The molecule has 0 fully saturated rings. The van der Waals surface area contributed by atoms with Crippen LogP contribution in [0.25, 0.3) is 0 Å². The molecule has 7 heavy (non-hydrogen) atoms. The van der Waals surface area contributed by atoms with E-state index in [0.717, 1.165) is 0 Å². The molecule has 2 N–H and O–H groups in total.